The van der Waals surface area contributed by atoms with Crippen molar-refractivity contribution in [2.45, 2.75) is 19.8 Å². The largest absolute Gasteiger partial charge is 0.300 e. The minimum atomic E-state index is -0.747. The summed E-state index contributed by atoms with van der Waals surface area (Å²) in [6.45, 7) is 3.82. The van der Waals surface area contributed by atoms with Crippen LogP contribution >= 0.6 is 22.9 Å². The van der Waals surface area contributed by atoms with E-state index < -0.39 is 5.41 Å². The van der Waals surface area contributed by atoms with Crippen LogP contribution in [-0.4, -0.2) is 21.1 Å². The van der Waals surface area contributed by atoms with E-state index in [9.17, 15) is 4.79 Å². The highest BCUT2D eigenvalue weighted by Crippen LogP contribution is 2.41. The molecule has 0 saturated carbocycles. The number of halogens is 1. The molecule has 0 aliphatic heterocycles. The number of pyridine rings is 1. The fraction of sp³-hybridized carbons (Fsp3) is 0.222. The summed E-state index contributed by atoms with van der Waals surface area (Å²) in [6, 6.07) is 13.6. The smallest absolute Gasteiger partial charge is 0.232 e. The van der Waals surface area contributed by atoms with E-state index in [0.29, 0.717) is 10.3 Å². The van der Waals surface area contributed by atoms with Gasteiger partial charge in [-0.3, -0.25) is 4.79 Å². The van der Waals surface area contributed by atoms with Gasteiger partial charge in [-0.1, -0.05) is 73.2 Å². The molecule has 0 aliphatic rings. The van der Waals surface area contributed by atoms with Crippen LogP contribution in [0.4, 0.5) is 5.13 Å². The standard InChI is InChI=1S/C18H17ClN4OS/c1-18(2,16(24)22-17-23-21-11-25-17)15(12-6-4-3-5-7-12)13-8-9-14(19)20-10-13/h3-11,15H,1-2H3,(H,22,23,24). The molecule has 0 radical (unpaired) electrons. The number of carbonyl (C=O) groups is 1. The molecule has 0 fully saturated rings. The Morgan fingerprint density at radius 2 is 1.92 bits per heavy atom. The Labute approximate surface area is 155 Å². The summed E-state index contributed by atoms with van der Waals surface area (Å²) >= 11 is 7.22. The van der Waals surface area contributed by atoms with Gasteiger partial charge in [0.05, 0.1) is 5.41 Å². The fourth-order valence-corrected chi connectivity index (χ4v) is 3.40. The van der Waals surface area contributed by atoms with Crippen LogP contribution in [0.1, 0.15) is 30.9 Å². The summed E-state index contributed by atoms with van der Waals surface area (Å²) in [4.78, 5) is 17.2. The number of nitrogens with zero attached hydrogens (tertiary/aromatic N) is 3. The molecule has 5 nitrogen and oxygen atoms in total. The lowest BCUT2D eigenvalue weighted by molar-refractivity contribution is -0.124. The zero-order valence-electron chi connectivity index (χ0n) is 13.8. The highest BCUT2D eigenvalue weighted by Gasteiger charge is 2.39. The predicted molar refractivity (Wildman–Crippen MR) is 99.9 cm³/mol. The third-order valence-corrected chi connectivity index (χ3v) is 4.93. The van der Waals surface area contributed by atoms with Crippen LogP contribution in [0.25, 0.3) is 0 Å². The van der Waals surface area contributed by atoms with E-state index in [0.717, 1.165) is 11.1 Å². The molecular weight excluding hydrogens is 356 g/mol. The van der Waals surface area contributed by atoms with E-state index in [2.05, 4.69) is 20.5 Å². The highest BCUT2D eigenvalue weighted by molar-refractivity contribution is 7.13. The van der Waals surface area contributed by atoms with Crippen molar-refractivity contribution < 1.29 is 4.79 Å². The third-order valence-electron chi connectivity index (χ3n) is 4.10. The molecule has 0 spiro atoms. The maximum absolute atomic E-state index is 13.0. The lowest BCUT2D eigenvalue weighted by Gasteiger charge is -2.33. The molecule has 1 aromatic carbocycles. The van der Waals surface area contributed by atoms with E-state index >= 15 is 0 Å². The van der Waals surface area contributed by atoms with Gasteiger partial charge in [-0.05, 0) is 17.2 Å². The van der Waals surface area contributed by atoms with E-state index in [1.807, 2.05) is 50.2 Å². The third kappa shape index (κ3) is 3.86. The van der Waals surface area contributed by atoms with E-state index in [-0.39, 0.29) is 11.8 Å². The van der Waals surface area contributed by atoms with Crippen molar-refractivity contribution in [1.29, 1.82) is 0 Å². The van der Waals surface area contributed by atoms with Crippen LogP contribution in [0.5, 0.6) is 0 Å². The Morgan fingerprint density at radius 3 is 2.52 bits per heavy atom. The van der Waals surface area contributed by atoms with E-state index in [1.54, 1.807) is 17.8 Å². The van der Waals surface area contributed by atoms with Gasteiger partial charge in [-0.2, -0.15) is 0 Å². The number of hydrogen-bond donors (Lipinski definition) is 1. The highest BCUT2D eigenvalue weighted by atomic mass is 35.5. The van der Waals surface area contributed by atoms with Gasteiger partial charge in [0.15, 0.2) is 0 Å². The van der Waals surface area contributed by atoms with Crippen molar-refractivity contribution in [3.05, 3.63) is 70.5 Å². The van der Waals surface area contributed by atoms with E-state index in [1.165, 1.54) is 11.3 Å². The average Bonchev–Trinajstić information content (AvgIpc) is 3.11. The fourth-order valence-electron chi connectivity index (χ4n) is 2.85. The zero-order chi connectivity index (χ0) is 17.9. The number of nitrogens with one attached hydrogen (secondary N) is 1. The molecule has 3 rings (SSSR count). The summed E-state index contributed by atoms with van der Waals surface area (Å²) in [7, 11) is 0. The molecule has 3 aromatic rings. The SMILES string of the molecule is CC(C)(C(=O)Nc1nncs1)C(c1ccccc1)c1ccc(Cl)nc1. The van der Waals surface area contributed by atoms with Crippen molar-refractivity contribution in [3.8, 4) is 0 Å². The van der Waals surface area contributed by atoms with Gasteiger partial charge in [0.25, 0.3) is 0 Å². The second-order valence-electron chi connectivity index (χ2n) is 6.18. The Balaban J connectivity index is 2.00. The summed E-state index contributed by atoms with van der Waals surface area (Å²) in [5.41, 5.74) is 2.79. The maximum atomic E-state index is 13.0. The quantitative estimate of drug-likeness (QED) is 0.674. The molecule has 0 saturated heterocycles. The van der Waals surface area contributed by atoms with Crippen molar-refractivity contribution in [3.63, 3.8) is 0 Å². The van der Waals surface area contributed by atoms with Crippen molar-refractivity contribution in [1.82, 2.24) is 15.2 Å². The molecule has 0 bridgehead atoms. The van der Waals surface area contributed by atoms with Gasteiger partial charge in [0, 0.05) is 12.1 Å². The first kappa shape index (κ1) is 17.5. The normalized spacial score (nSPS) is 12.6. The van der Waals surface area contributed by atoms with Crippen molar-refractivity contribution in [2.75, 3.05) is 5.32 Å². The maximum Gasteiger partial charge on any atom is 0.232 e. The Morgan fingerprint density at radius 1 is 1.16 bits per heavy atom. The van der Waals surface area contributed by atoms with Gasteiger partial charge < -0.3 is 5.32 Å². The van der Waals surface area contributed by atoms with Crippen LogP contribution < -0.4 is 5.32 Å². The van der Waals surface area contributed by atoms with Gasteiger partial charge in [-0.15, -0.1) is 10.2 Å². The number of hydrogen-bond acceptors (Lipinski definition) is 5. The van der Waals surface area contributed by atoms with Crippen molar-refractivity contribution >= 4 is 34.0 Å². The van der Waals surface area contributed by atoms with Gasteiger partial charge in [-0.25, -0.2) is 4.98 Å². The summed E-state index contributed by atoms with van der Waals surface area (Å²) < 4.78 is 0. The van der Waals surface area contributed by atoms with Gasteiger partial charge in [0.1, 0.15) is 10.7 Å². The molecule has 1 amide bonds. The minimum absolute atomic E-state index is 0.131. The number of rotatable bonds is 5. The Hall–Kier alpha value is -2.31. The average molecular weight is 373 g/mol. The lowest BCUT2D eigenvalue weighted by Crippen LogP contribution is -2.37. The summed E-state index contributed by atoms with van der Waals surface area (Å²) in [5.74, 6) is -0.320. The minimum Gasteiger partial charge on any atom is -0.300 e. The second kappa shape index (κ2) is 7.29. The number of carbonyl (C=O) groups excluding carboxylic acids is 1. The predicted octanol–water partition coefficient (Wildman–Crippen LogP) is 4.38. The molecule has 128 valence electrons. The number of amides is 1. The Kier molecular flexibility index (Phi) is 5.11. The molecule has 0 aliphatic carbocycles. The first-order chi connectivity index (χ1) is 12.0. The monoisotopic (exact) mass is 372 g/mol. The molecule has 1 atom stereocenters. The molecule has 7 heteroatoms. The van der Waals surface area contributed by atoms with Crippen molar-refractivity contribution in [2.24, 2.45) is 5.41 Å². The van der Waals surface area contributed by atoms with E-state index in [4.69, 9.17) is 11.6 Å². The van der Waals surface area contributed by atoms with Crippen LogP contribution in [-0.2, 0) is 4.79 Å². The number of aromatic nitrogens is 3. The molecule has 1 unspecified atom stereocenters. The molecule has 25 heavy (non-hydrogen) atoms. The first-order valence-corrected chi connectivity index (χ1v) is 8.98. The topological polar surface area (TPSA) is 67.8 Å². The van der Waals surface area contributed by atoms with Crippen LogP contribution in [0.2, 0.25) is 5.15 Å². The van der Waals surface area contributed by atoms with Crippen LogP contribution in [0.3, 0.4) is 0 Å². The van der Waals surface area contributed by atoms with Gasteiger partial charge >= 0.3 is 0 Å². The van der Waals surface area contributed by atoms with Crippen LogP contribution in [0.15, 0.2) is 54.2 Å². The molecule has 2 aromatic heterocycles. The number of benzene rings is 1. The molecule has 2 heterocycles. The van der Waals surface area contributed by atoms with Gasteiger partial charge in [0.2, 0.25) is 11.0 Å². The first-order valence-electron chi connectivity index (χ1n) is 7.72. The van der Waals surface area contributed by atoms with Crippen LogP contribution in [0, 0.1) is 5.41 Å². The molecule has 1 N–H and O–H groups in total. The lowest BCUT2D eigenvalue weighted by atomic mass is 9.71. The summed E-state index contributed by atoms with van der Waals surface area (Å²) in [6.07, 6.45) is 1.72. The number of anilines is 1. The molecular formula is C18H17ClN4OS. The zero-order valence-corrected chi connectivity index (χ0v) is 15.4. The summed E-state index contributed by atoms with van der Waals surface area (Å²) in [5, 5.41) is 11.4. The second-order valence-corrected chi connectivity index (χ2v) is 7.40. The Bertz CT molecular complexity index is 835.